The zero-order valence-electron chi connectivity index (χ0n) is 36.6. The van der Waals surface area contributed by atoms with Crippen molar-refractivity contribution in [3.8, 4) is 0 Å². The molecule has 12 rings (SSSR count). The minimum Gasteiger partial charge on any atom is -0.0619 e. The van der Waals surface area contributed by atoms with Crippen LogP contribution in [0.1, 0.15) is 83.5 Å². The number of hydrogen-bond acceptors (Lipinski definition) is 0. The molecule has 0 atom stereocenters. The van der Waals surface area contributed by atoms with E-state index in [1.807, 2.05) is 0 Å². The van der Waals surface area contributed by atoms with Crippen LogP contribution in [0.25, 0.3) is 34.9 Å². The van der Waals surface area contributed by atoms with E-state index in [-0.39, 0.29) is 0 Å². The van der Waals surface area contributed by atoms with Crippen LogP contribution in [0.5, 0.6) is 0 Å². The third kappa shape index (κ3) is 7.07. The Hall–Kier alpha value is -7.37. The Balaban J connectivity index is 0.950. The number of rotatable bonds is 6. The monoisotopic (exact) mass is 847 g/mol. The molecule has 0 fully saturated rings. The maximum Gasteiger partial charge on any atom is 0.109 e. The Bertz CT molecular complexity index is 2870. The van der Waals surface area contributed by atoms with Gasteiger partial charge in [-0.25, -0.2) is 0 Å². The summed E-state index contributed by atoms with van der Waals surface area (Å²) in [5, 5.41) is 4.10. The van der Waals surface area contributed by atoms with Crippen LogP contribution in [0.2, 0.25) is 0 Å². The first-order valence-electron chi connectivity index (χ1n) is 22.9. The van der Waals surface area contributed by atoms with E-state index >= 15 is 0 Å². The fourth-order valence-corrected chi connectivity index (χ4v) is 13.8. The third-order valence-electron chi connectivity index (χ3n) is 14.1. The van der Waals surface area contributed by atoms with Crippen LogP contribution in [0.3, 0.4) is 0 Å². The molecule has 9 aromatic carbocycles. The first kappa shape index (κ1) is 39.2. The Morgan fingerprint density at radius 3 is 0.677 bits per heavy atom. The topological polar surface area (TPSA) is 0 Å². The van der Waals surface area contributed by atoms with Crippen molar-refractivity contribution in [3.63, 3.8) is 0 Å². The van der Waals surface area contributed by atoms with E-state index in [4.69, 9.17) is 0 Å². The molecule has 0 aromatic heterocycles. The van der Waals surface area contributed by atoms with E-state index in [1.165, 1.54) is 116 Å². The summed E-state index contributed by atoms with van der Waals surface area (Å²) in [5.74, 6) is 0. The van der Waals surface area contributed by atoms with Gasteiger partial charge in [-0.05, 0) is 174 Å². The summed E-state index contributed by atoms with van der Waals surface area (Å²) < 4.78 is 0. The SMILES string of the molecule is C[P+](c1ccc(C=C2c3ccccc3Cc3ccccc32)cc1)(c1ccc(C=C2c3ccccc3Cc3ccccc32)cc1)c1ccc(C=C2c3ccccc3Cc3ccccc32)cc1. The molecule has 0 amide bonds. The highest BCUT2D eigenvalue weighted by Crippen LogP contribution is 2.52. The van der Waals surface area contributed by atoms with Gasteiger partial charge >= 0.3 is 0 Å². The van der Waals surface area contributed by atoms with Crippen molar-refractivity contribution in [1.29, 1.82) is 0 Å². The summed E-state index contributed by atoms with van der Waals surface area (Å²) in [5.41, 5.74) is 23.9. The highest BCUT2D eigenvalue weighted by molar-refractivity contribution is 7.95. The molecule has 1 heteroatoms. The van der Waals surface area contributed by atoms with Crippen molar-refractivity contribution in [2.45, 2.75) is 19.3 Å². The lowest BCUT2D eigenvalue weighted by molar-refractivity contribution is 1.14. The first-order valence-corrected chi connectivity index (χ1v) is 25.1. The fourth-order valence-electron chi connectivity index (χ4n) is 10.7. The van der Waals surface area contributed by atoms with Gasteiger partial charge < -0.3 is 0 Å². The predicted octanol–water partition coefficient (Wildman–Crippen LogP) is 14.1. The largest absolute Gasteiger partial charge is 0.109 e. The van der Waals surface area contributed by atoms with Crippen molar-refractivity contribution in [1.82, 2.24) is 0 Å². The lowest BCUT2D eigenvalue weighted by atomic mass is 9.81. The first-order chi connectivity index (χ1) is 32.1. The zero-order chi connectivity index (χ0) is 43.3. The van der Waals surface area contributed by atoms with Gasteiger partial charge in [0.15, 0.2) is 0 Å². The van der Waals surface area contributed by atoms with E-state index in [0.29, 0.717) is 0 Å². The molecule has 0 nitrogen and oxygen atoms in total. The number of hydrogen-bond donors (Lipinski definition) is 0. The van der Waals surface area contributed by atoms with Crippen LogP contribution in [0, 0.1) is 0 Å². The van der Waals surface area contributed by atoms with Crippen molar-refractivity contribution >= 4 is 58.1 Å². The standard InChI is InChI=1S/C64H48P/c1-65(53-32-26-44(27-33-53)38-62-56-20-8-2-14-47(56)41-48-15-3-9-21-57(48)62,54-34-28-45(29-35-54)39-63-58-22-10-4-16-49(58)42-50-17-5-11-23-59(50)63)55-36-30-46(31-37-55)40-64-60-24-12-6-18-51(60)43-52-19-7-13-25-61(52)64/h2-40H,41-43H2,1H3/q+1. The van der Waals surface area contributed by atoms with Gasteiger partial charge in [0.2, 0.25) is 0 Å². The second-order valence-corrected chi connectivity index (χ2v) is 21.5. The maximum absolute atomic E-state index is 2.51. The summed E-state index contributed by atoms with van der Waals surface area (Å²) >= 11 is 0. The van der Waals surface area contributed by atoms with Crippen LogP contribution >= 0.6 is 7.26 Å². The van der Waals surface area contributed by atoms with Crippen molar-refractivity contribution in [3.05, 3.63) is 302 Å². The fraction of sp³-hybridized carbons (Fsp3) is 0.0625. The minimum absolute atomic E-state index is 0.971. The van der Waals surface area contributed by atoms with Crippen molar-refractivity contribution < 1.29 is 0 Å². The summed E-state index contributed by atoms with van der Waals surface area (Å²) in [6, 6.07) is 81.8. The summed E-state index contributed by atoms with van der Waals surface area (Å²) in [6.07, 6.45) is 10.1. The molecule has 0 saturated carbocycles. The summed E-state index contributed by atoms with van der Waals surface area (Å²) in [7, 11) is -2.10. The van der Waals surface area contributed by atoms with Crippen LogP contribution in [-0.4, -0.2) is 6.66 Å². The third-order valence-corrected chi connectivity index (χ3v) is 18.1. The molecular weight excluding hydrogens is 800 g/mol. The van der Waals surface area contributed by atoms with Gasteiger partial charge in [0.05, 0.1) is 6.66 Å². The van der Waals surface area contributed by atoms with Crippen LogP contribution in [0.15, 0.2) is 218 Å². The van der Waals surface area contributed by atoms with E-state index in [9.17, 15) is 0 Å². The molecule has 0 aliphatic heterocycles. The Morgan fingerprint density at radius 1 is 0.262 bits per heavy atom. The van der Waals surface area contributed by atoms with Crippen LogP contribution < -0.4 is 15.9 Å². The molecule has 3 aliphatic carbocycles. The Labute approximate surface area is 384 Å². The lowest BCUT2D eigenvalue weighted by Crippen LogP contribution is -2.30. The smallest absolute Gasteiger partial charge is 0.0619 e. The van der Waals surface area contributed by atoms with Gasteiger partial charge in [-0.3, -0.25) is 0 Å². The van der Waals surface area contributed by atoms with Gasteiger partial charge in [-0.15, -0.1) is 0 Å². The average molecular weight is 848 g/mol. The summed E-state index contributed by atoms with van der Waals surface area (Å²) in [6.45, 7) is 2.51. The molecule has 0 bridgehead atoms. The number of benzene rings is 9. The highest BCUT2D eigenvalue weighted by atomic mass is 31.2. The van der Waals surface area contributed by atoms with Gasteiger partial charge in [0.25, 0.3) is 0 Å². The predicted molar refractivity (Wildman–Crippen MR) is 279 cm³/mol. The van der Waals surface area contributed by atoms with Gasteiger partial charge in [-0.1, -0.05) is 182 Å². The van der Waals surface area contributed by atoms with E-state index in [0.717, 1.165) is 19.3 Å². The molecule has 65 heavy (non-hydrogen) atoms. The molecule has 3 aliphatic rings. The molecular formula is C64H48P+. The van der Waals surface area contributed by atoms with Crippen LogP contribution in [-0.2, 0) is 19.3 Å². The van der Waals surface area contributed by atoms with E-state index in [1.54, 1.807) is 0 Å². The second-order valence-electron chi connectivity index (χ2n) is 17.9. The molecule has 0 heterocycles. The lowest BCUT2D eigenvalue weighted by Gasteiger charge is -2.25. The maximum atomic E-state index is 2.51. The quantitative estimate of drug-likeness (QED) is 0.146. The van der Waals surface area contributed by atoms with Gasteiger partial charge in [0, 0.05) is 0 Å². The molecule has 0 unspecified atom stereocenters. The molecule has 0 N–H and O–H groups in total. The number of fused-ring (bicyclic) bond motifs is 6. The minimum atomic E-state index is -2.10. The van der Waals surface area contributed by atoms with Crippen LogP contribution in [0.4, 0.5) is 0 Å². The Morgan fingerprint density at radius 2 is 0.462 bits per heavy atom. The zero-order valence-corrected chi connectivity index (χ0v) is 37.5. The summed E-state index contributed by atoms with van der Waals surface area (Å²) in [4.78, 5) is 0. The van der Waals surface area contributed by atoms with Gasteiger partial charge in [-0.2, -0.15) is 0 Å². The molecule has 0 spiro atoms. The Kier molecular flexibility index (Phi) is 9.85. The molecule has 308 valence electrons. The molecule has 9 aromatic rings. The van der Waals surface area contributed by atoms with Crippen molar-refractivity contribution in [2.75, 3.05) is 6.66 Å². The normalized spacial score (nSPS) is 13.3. The highest BCUT2D eigenvalue weighted by Gasteiger charge is 2.40. The average Bonchev–Trinajstić information content (AvgIpc) is 3.36. The molecule has 0 saturated heterocycles. The van der Waals surface area contributed by atoms with Gasteiger partial charge in [0.1, 0.15) is 23.2 Å². The van der Waals surface area contributed by atoms with E-state index < -0.39 is 7.26 Å². The van der Waals surface area contributed by atoms with E-state index in [2.05, 4.69) is 243 Å². The second kappa shape index (κ2) is 16.3. The van der Waals surface area contributed by atoms with Crippen molar-refractivity contribution in [2.24, 2.45) is 0 Å². The molecule has 0 radical (unpaired) electrons.